The van der Waals surface area contributed by atoms with Crippen LogP contribution in [0.4, 0.5) is 0 Å². The predicted molar refractivity (Wildman–Crippen MR) is 75.3 cm³/mol. The van der Waals surface area contributed by atoms with Crippen molar-refractivity contribution in [2.24, 2.45) is 0 Å². The maximum atomic E-state index is 12.5. The molecule has 2 aliphatic rings. The van der Waals surface area contributed by atoms with Gasteiger partial charge in [-0.2, -0.15) is 0 Å². The molecule has 3 rings (SSSR count). The van der Waals surface area contributed by atoms with Crippen LogP contribution >= 0.6 is 0 Å². The molecule has 1 aromatic rings. The summed E-state index contributed by atoms with van der Waals surface area (Å²) < 4.78 is 11.4. The van der Waals surface area contributed by atoms with Crippen LogP contribution in [0.25, 0.3) is 0 Å². The lowest BCUT2D eigenvalue weighted by Gasteiger charge is -2.40. The Labute approximate surface area is 119 Å². The summed E-state index contributed by atoms with van der Waals surface area (Å²) in [5.74, 6) is 0.124. The maximum Gasteiger partial charge on any atom is 0.252 e. The van der Waals surface area contributed by atoms with E-state index in [1.54, 1.807) is 0 Å². The van der Waals surface area contributed by atoms with Gasteiger partial charge in [0.25, 0.3) is 5.91 Å². The molecule has 4 heteroatoms. The predicted octanol–water partition coefficient (Wildman–Crippen LogP) is 2.15. The number of carbonyl (C=O) groups excluding carboxylic acids is 1. The molecule has 0 aliphatic carbocycles. The standard InChI is InChI=1S/C16H21NO3/c1-12-15(13-6-3-2-4-7-13)20-11-9-17(12)16(18)14-8-5-10-19-14/h2-4,6-7,12,14-15H,5,8-11H2,1H3. The molecule has 0 radical (unpaired) electrons. The highest BCUT2D eigenvalue weighted by atomic mass is 16.5. The number of ether oxygens (including phenoxy) is 2. The molecule has 4 nitrogen and oxygen atoms in total. The third-order valence-corrected chi connectivity index (χ3v) is 4.18. The Kier molecular flexibility index (Phi) is 4.03. The van der Waals surface area contributed by atoms with Gasteiger partial charge in [0.1, 0.15) is 12.2 Å². The minimum absolute atomic E-state index is 0.0443. The molecule has 2 aliphatic heterocycles. The van der Waals surface area contributed by atoms with Crippen molar-refractivity contribution in [1.82, 2.24) is 4.90 Å². The van der Waals surface area contributed by atoms with Gasteiger partial charge in [-0.3, -0.25) is 4.79 Å². The third kappa shape index (κ3) is 2.58. The SMILES string of the molecule is CC1C(c2ccccc2)OCCN1C(=O)C1CCCO1. The van der Waals surface area contributed by atoms with Gasteiger partial charge in [0, 0.05) is 13.2 Å². The van der Waals surface area contributed by atoms with Crippen molar-refractivity contribution in [3.8, 4) is 0 Å². The average Bonchev–Trinajstić information content (AvgIpc) is 3.02. The summed E-state index contributed by atoms with van der Waals surface area (Å²) in [4.78, 5) is 14.5. The summed E-state index contributed by atoms with van der Waals surface area (Å²) in [6.07, 6.45) is 1.54. The van der Waals surface area contributed by atoms with Crippen LogP contribution in [0.1, 0.15) is 31.4 Å². The molecule has 2 fully saturated rings. The van der Waals surface area contributed by atoms with Gasteiger partial charge >= 0.3 is 0 Å². The van der Waals surface area contributed by atoms with Gasteiger partial charge in [-0.1, -0.05) is 30.3 Å². The lowest BCUT2D eigenvalue weighted by molar-refractivity contribution is -0.155. The fraction of sp³-hybridized carbons (Fsp3) is 0.562. The highest BCUT2D eigenvalue weighted by Crippen LogP contribution is 2.29. The first kappa shape index (κ1) is 13.6. The summed E-state index contributed by atoms with van der Waals surface area (Å²) in [6.45, 7) is 4.01. The average molecular weight is 275 g/mol. The fourth-order valence-electron chi connectivity index (χ4n) is 3.07. The van der Waals surface area contributed by atoms with E-state index in [1.165, 1.54) is 0 Å². The summed E-state index contributed by atoms with van der Waals surface area (Å²) in [6, 6.07) is 10.2. The molecule has 0 N–H and O–H groups in total. The normalized spacial score (nSPS) is 30.4. The summed E-state index contributed by atoms with van der Waals surface area (Å²) in [7, 11) is 0. The Balaban J connectivity index is 1.74. The highest BCUT2D eigenvalue weighted by molar-refractivity contribution is 5.81. The van der Waals surface area contributed by atoms with Crippen molar-refractivity contribution >= 4 is 5.91 Å². The van der Waals surface area contributed by atoms with Crippen LogP contribution in [0.5, 0.6) is 0 Å². The molecule has 20 heavy (non-hydrogen) atoms. The van der Waals surface area contributed by atoms with E-state index in [0.717, 1.165) is 18.4 Å². The molecule has 1 amide bonds. The molecule has 1 aromatic carbocycles. The van der Waals surface area contributed by atoms with Crippen LogP contribution in [0, 0.1) is 0 Å². The summed E-state index contributed by atoms with van der Waals surface area (Å²) >= 11 is 0. The van der Waals surface area contributed by atoms with E-state index in [9.17, 15) is 4.79 Å². The number of benzene rings is 1. The van der Waals surface area contributed by atoms with Gasteiger partial charge < -0.3 is 14.4 Å². The van der Waals surface area contributed by atoms with E-state index in [0.29, 0.717) is 19.8 Å². The van der Waals surface area contributed by atoms with E-state index in [4.69, 9.17) is 9.47 Å². The molecule has 3 unspecified atom stereocenters. The Bertz CT molecular complexity index is 456. The zero-order valence-corrected chi connectivity index (χ0v) is 11.8. The Hall–Kier alpha value is -1.39. The summed E-state index contributed by atoms with van der Waals surface area (Å²) in [5, 5.41) is 0. The van der Waals surface area contributed by atoms with E-state index in [-0.39, 0.29) is 24.2 Å². The lowest BCUT2D eigenvalue weighted by Crippen LogP contribution is -2.51. The number of hydrogen-bond acceptors (Lipinski definition) is 3. The van der Waals surface area contributed by atoms with Crippen molar-refractivity contribution in [3.05, 3.63) is 35.9 Å². The van der Waals surface area contributed by atoms with Crippen molar-refractivity contribution in [3.63, 3.8) is 0 Å². The van der Waals surface area contributed by atoms with Gasteiger partial charge in [-0.15, -0.1) is 0 Å². The lowest BCUT2D eigenvalue weighted by atomic mass is 10.00. The Morgan fingerprint density at radius 3 is 2.70 bits per heavy atom. The van der Waals surface area contributed by atoms with E-state index in [2.05, 4.69) is 19.1 Å². The molecule has 2 heterocycles. The first-order valence-corrected chi connectivity index (χ1v) is 7.36. The number of hydrogen-bond donors (Lipinski definition) is 0. The van der Waals surface area contributed by atoms with Crippen LogP contribution in [0.3, 0.4) is 0 Å². The second kappa shape index (κ2) is 5.94. The minimum atomic E-state index is -0.244. The zero-order valence-electron chi connectivity index (χ0n) is 11.8. The van der Waals surface area contributed by atoms with Gasteiger partial charge in [-0.25, -0.2) is 0 Å². The maximum absolute atomic E-state index is 12.5. The monoisotopic (exact) mass is 275 g/mol. The van der Waals surface area contributed by atoms with Gasteiger partial charge in [-0.05, 0) is 25.3 Å². The van der Waals surface area contributed by atoms with Gasteiger partial charge in [0.15, 0.2) is 0 Å². The van der Waals surface area contributed by atoms with Crippen LogP contribution in [-0.2, 0) is 14.3 Å². The first-order valence-electron chi connectivity index (χ1n) is 7.36. The molecule has 0 bridgehead atoms. The van der Waals surface area contributed by atoms with Crippen molar-refractivity contribution in [2.45, 2.75) is 38.0 Å². The van der Waals surface area contributed by atoms with Crippen molar-refractivity contribution in [1.29, 1.82) is 0 Å². The molecule has 0 saturated carbocycles. The summed E-state index contributed by atoms with van der Waals surface area (Å²) in [5.41, 5.74) is 1.13. The van der Waals surface area contributed by atoms with Crippen LogP contribution in [0.2, 0.25) is 0 Å². The fourth-order valence-corrected chi connectivity index (χ4v) is 3.07. The van der Waals surface area contributed by atoms with Gasteiger partial charge in [0.05, 0.1) is 12.6 Å². The number of amides is 1. The largest absolute Gasteiger partial charge is 0.370 e. The number of carbonyl (C=O) groups is 1. The van der Waals surface area contributed by atoms with Crippen molar-refractivity contribution < 1.29 is 14.3 Å². The van der Waals surface area contributed by atoms with E-state index < -0.39 is 0 Å². The number of morpholine rings is 1. The molecule has 3 atom stereocenters. The molecule has 0 spiro atoms. The van der Waals surface area contributed by atoms with Crippen LogP contribution in [-0.4, -0.2) is 42.7 Å². The van der Waals surface area contributed by atoms with Crippen LogP contribution in [0.15, 0.2) is 30.3 Å². The smallest absolute Gasteiger partial charge is 0.252 e. The second-order valence-electron chi connectivity index (χ2n) is 5.48. The van der Waals surface area contributed by atoms with Crippen molar-refractivity contribution in [2.75, 3.05) is 19.8 Å². The number of rotatable bonds is 2. The highest BCUT2D eigenvalue weighted by Gasteiger charge is 2.37. The Morgan fingerprint density at radius 2 is 2.00 bits per heavy atom. The second-order valence-corrected chi connectivity index (χ2v) is 5.48. The molecule has 0 aromatic heterocycles. The first-order chi connectivity index (χ1) is 9.77. The molecule has 2 saturated heterocycles. The van der Waals surface area contributed by atoms with Gasteiger partial charge in [0.2, 0.25) is 0 Å². The Morgan fingerprint density at radius 1 is 1.20 bits per heavy atom. The number of nitrogens with zero attached hydrogens (tertiary/aromatic N) is 1. The molecule has 108 valence electrons. The van der Waals surface area contributed by atoms with Crippen LogP contribution < -0.4 is 0 Å². The minimum Gasteiger partial charge on any atom is -0.370 e. The molecular formula is C16H21NO3. The molecular weight excluding hydrogens is 254 g/mol. The third-order valence-electron chi connectivity index (χ3n) is 4.18. The zero-order chi connectivity index (χ0) is 13.9. The quantitative estimate of drug-likeness (QED) is 0.830. The van der Waals surface area contributed by atoms with E-state index in [1.807, 2.05) is 23.1 Å². The topological polar surface area (TPSA) is 38.8 Å². The van der Waals surface area contributed by atoms with E-state index >= 15 is 0 Å².